The third kappa shape index (κ3) is 2.01. The van der Waals surface area contributed by atoms with Crippen LogP contribution in [-0.4, -0.2) is 17.6 Å². The first kappa shape index (κ1) is 13.2. The van der Waals surface area contributed by atoms with Crippen LogP contribution in [0.5, 0.6) is 0 Å². The second-order valence-corrected chi connectivity index (χ2v) is 5.03. The molecule has 0 N–H and O–H groups in total. The Labute approximate surface area is 130 Å². The quantitative estimate of drug-likeness (QED) is 0.452. The summed E-state index contributed by atoms with van der Waals surface area (Å²) in [5, 5.41) is 0. The Hall–Kier alpha value is -1.80. The van der Waals surface area contributed by atoms with Gasteiger partial charge in [-0.15, -0.1) is 0 Å². The van der Waals surface area contributed by atoms with Crippen LogP contribution in [0, 0.1) is 0 Å². The van der Waals surface area contributed by atoms with Gasteiger partial charge >= 0.3 is 0 Å². The summed E-state index contributed by atoms with van der Waals surface area (Å²) >= 11 is 0. The van der Waals surface area contributed by atoms with E-state index in [1.165, 1.54) is 33.4 Å². The van der Waals surface area contributed by atoms with Crippen molar-refractivity contribution in [3.05, 3.63) is 83.9 Å². The largest absolute Gasteiger partial charge is 0.0622 e. The van der Waals surface area contributed by atoms with Crippen molar-refractivity contribution in [3.8, 4) is 22.3 Å². The topological polar surface area (TPSA) is 0 Å². The van der Waals surface area contributed by atoms with Gasteiger partial charge in [0.1, 0.15) is 0 Å². The smallest absolute Gasteiger partial charge is 0 e. The minimum Gasteiger partial charge on any atom is -0.0622 e. The van der Waals surface area contributed by atoms with Gasteiger partial charge in [0.25, 0.3) is 0 Å². The summed E-state index contributed by atoms with van der Waals surface area (Å²) in [6.07, 6.45) is 1.05. The molecule has 0 heterocycles. The van der Waals surface area contributed by atoms with Gasteiger partial charge in [0, 0.05) is 17.6 Å². The Bertz CT molecular complexity index is 745. The monoisotopic (exact) mass is 316 g/mol. The summed E-state index contributed by atoms with van der Waals surface area (Å²) in [7, 11) is 0. The van der Waals surface area contributed by atoms with E-state index in [1.807, 2.05) is 0 Å². The Kier molecular flexibility index (Phi) is 3.49. The van der Waals surface area contributed by atoms with Crippen LogP contribution in [0.25, 0.3) is 22.3 Å². The third-order valence-corrected chi connectivity index (χ3v) is 3.94. The average molecular weight is 315 g/mol. The Morgan fingerprint density at radius 2 is 1.20 bits per heavy atom. The van der Waals surface area contributed by atoms with E-state index in [0.29, 0.717) is 0 Å². The van der Waals surface area contributed by atoms with Crippen LogP contribution in [0.1, 0.15) is 11.1 Å². The zero-order valence-corrected chi connectivity index (χ0v) is 13.2. The molecule has 1 aliphatic rings. The van der Waals surface area contributed by atoms with Crippen LogP contribution in [0.2, 0.25) is 0 Å². The first-order chi connectivity index (χ1) is 9.43. The van der Waals surface area contributed by atoms with Gasteiger partial charge in [-0.25, -0.2) is 0 Å². The van der Waals surface area contributed by atoms with Crippen molar-refractivity contribution in [2.75, 3.05) is 0 Å². The second-order valence-electron chi connectivity index (χ2n) is 5.03. The van der Waals surface area contributed by atoms with Crippen molar-refractivity contribution in [1.29, 1.82) is 0 Å². The number of rotatable bonds is 1. The Balaban J connectivity index is 0.00000121. The van der Waals surface area contributed by atoms with Crippen molar-refractivity contribution < 1.29 is 0 Å². The molecule has 0 saturated carbocycles. The SMILES string of the molecule is [Ge].c1ccc(-c2cccc3c2Cc2ccccc2-3)cc1. The fraction of sp³-hybridized carbons (Fsp3) is 0.0526. The molecule has 0 fully saturated rings. The van der Waals surface area contributed by atoms with Crippen LogP contribution < -0.4 is 0 Å². The second kappa shape index (κ2) is 5.30. The van der Waals surface area contributed by atoms with Gasteiger partial charge < -0.3 is 0 Å². The van der Waals surface area contributed by atoms with Gasteiger partial charge in [-0.1, -0.05) is 72.8 Å². The van der Waals surface area contributed by atoms with Crippen molar-refractivity contribution in [2.45, 2.75) is 6.42 Å². The molecule has 94 valence electrons. The maximum Gasteiger partial charge on any atom is 0 e. The van der Waals surface area contributed by atoms with Crippen LogP contribution in [0.3, 0.4) is 0 Å². The van der Waals surface area contributed by atoms with Gasteiger partial charge in [-0.3, -0.25) is 0 Å². The molecule has 3 aromatic carbocycles. The van der Waals surface area contributed by atoms with Crippen LogP contribution in [0.4, 0.5) is 0 Å². The predicted octanol–water partition coefficient (Wildman–Crippen LogP) is 4.54. The summed E-state index contributed by atoms with van der Waals surface area (Å²) < 4.78 is 0. The molecule has 0 amide bonds. The molecule has 3 aromatic rings. The van der Waals surface area contributed by atoms with E-state index in [2.05, 4.69) is 72.8 Å². The molecule has 20 heavy (non-hydrogen) atoms. The minimum atomic E-state index is 0. The number of fused-ring (bicyclic) bond motifs is 3. The zero-order valence-electron chi connectivity index (χ0n) is 11.1. The van der Waals surface area contributed by atoms with Crippen LogP contribution in [-0.2, 0) is 6.42 Å². The average Bonchev–Trinajstić information content (AvgIpc) is 2.87. The standard InChI is InChI=1S/C19H14.Ge/c1-2-7-14(8-3-1)16-11-6-12-18-17-10-5-4-9-15(17)13-19(16)18;/h1-12H,13H2;. The molecule has 0 unspecified atom stereocenters. The molecule has 0 aromatic heterocycles. The van der Waals surface area contributed by atoms with Gasteiger partial charge in [0.15, 0.2) is 0 Å². The van der Waals surface area contributed by atoms with E-state index in [0.717, 1.165) is 6.42 Å². The molecule has 0 saturated heterocycles. The number of hydrogen-bond acceptors (Lipinski definition) is 0. The first-order valence-corrected chi connectivity index (χ1v) is 6.69. The molecule has 0 bridgehead atoms. The maximum atomic E-state index is 2.24. The van der Waals surface area contributed by atoms with Crippen molar-refractivity contribution >= 4 is 17.6 Å². The van der Waals surface area contributed by atoms with Crippen LogP contribution >= 0.6 is 0 Å². The molecule has 1 heteroatoms. The first-order valence-electron chi connectivity index (χ1n) is 6.69. The van der Waals surface area contributed by atoms with E-state index in [4.69, 9.17) is 0 Å². The van der Waals surface area contributed by atoms with E-state index in [9.17, 15) is 0 Å². The van der Waals surface area contributed by atoms with E-state index in [1.54, 1.807) is 0 Å². The summed E-state index contributed by atoms with van der Waals surface area (Å²) in [4.78, 5) is 0. The molecular weight excluding hydrogens is 301 g/mol. The minimum absolute atomic E-state index is 0. The maximum absolute atomic E-state index is 2.24. The molecule has 0 atom stereocenters. The molecule has 4 radical (unpaired) electrons. The zero-order chi connectivity index (χ0) is 12.7. The number of hydrogen-bond donors (Lipinski definition) is 0. The van der Waals surface area contributed by atoms with Crippen molar-refractivity contribution in [2.24, 2.45) is 0 Å². The molecule has 0 spiro atoms. The number of benzene rings is 3. The van der Waals surface area contributed by atoms with Gasteiger partial charge in [0.05, 0.1) is 0 Å². The predicted molar refractivity (Wildman–Crippen MR) is 85.9 cm³/mol. The van der Waals surface area contributed by atoms with E-state index < -0.39 is 0 Å². The van der Waals surface area contributed by atoms with Gasteiger partial charge in [0.2, 0.25) is 0 Å². The molecule has 0 aliphatic heterocycles. The van der Waals surface area contributed by atoms with Crippen molar-refractivity contribution in [1.82, 2.24) is 0 Å². The summed E-state index contributed by atoms with van der Waals surface area (Å²) in [5.41, 5.74) is 8.39. The normalized spacial score (nSPS) is 11.4. The summed E-state index contributed by atoms with van der Waals surface area (Å²) in [5.74, 6) is 0. The summed E-state index contributed by atoms with van der Waals surface area (Å²) in [6.45, 7) is 0. The van der Waals surface area contributed by atoms with E-state index >= 15 is 0 Å². The van der Waals surface area contributed by atoms with E-state index in [-0.39, 0.29) is 17.6 Å². The molecule has 1 aliphatic carbocycles. The Morgan fingerprint density at radius 3 is 2.05 bits per heavy atom. The van der Waals surface area contributed by atoms with Crippen LogP contribution in [0.15, 0.2) is 72.8 Å². The van der Waals surface area contributed by atoms with Gasteiger partial charge in [-0.2, -0.15) is 0 Å². The Morgan fingerprint density at radius 1 is 0.550 bits per heavy atom. The fourth-order valence-electron chi connectivity index (χ4n) is 3.05. The van der Waals surface area contributed by atoms with Crippen molar-refractivity contribution in [3.63, 3.8) is 0 Å². The fourth-order valence-corrected chi connectivity index (χ4v) is 3.05. The molecule has 0 nitrogen and oxygen atoms in total. The molecular formula is C19H14Ge. The van der Waals surface area contributed by atoms with Gasteiger partial charge in [-0.05, 0) is 39.8 Å². The summed E-state index contributed by atoms with van der Waals surface area (Å²) in [6, 6.07) is 26.1. The molecule has 4 rings (SSSR count). The third-order valence-electron chi connectivity index (χ3n) is 3.94.